The molecule has 0 aliphatic carbocycles. The minimum Gasteiger partial charge on any atom is -0.493 e. The molecule has 0 unspecified atom stereocenters. The number of rotatable bonds is 8. The fourth-order valence-electron chi connectivity index (χ4n) is 2.42. The summed E-state index contributed by atoms with van der Waals surface area (Å²) < 4.78 is 23.5. The summed E-state index contributed by atoms with van der Waals surface area (Å²) in [6, 6.07) is 12.0. The molecule has 0 saturated carbocycles. The van der Waals surface area contributed by atoms with Gasteiger partial charge >= 0.3 is 0 Å². The van der Waals surface area contributed by atoms with Crippen LogP contribution in [-0.4, -0.2) is 26.7 Å². The number of aryl methyl sites for hydroxylation is 1. The van der Waals surface area contributed by atoms with Crippen LogP contribution in [0.15, 0.2) is 42.5 Å². The molecular weight excluding hydrogens is 309 g/mol. The topological polar surface area (TPSA) is 47.6 Å². The molecule has 0 saturated heterocycles. The number of carbonyl (C=O) groups excluding carboxylic acids is 1. The van der Waals surface area contributed by atoms with Crippen LogP contribution in [0.3, 0.4) is 0 Å². The van der Waals surface area contributed by atoms with Gasteiger partial charge < -0.3 is 14.8 Å². The molecule has 4 nitrogen and oxygen atoms in total. The molecule has 0 atom stereocenters. The summed E-state index contributed by atoms with van der Waals surface area (Å²) >= 11 is 0. The summed E-state index contributed by atoms with van der Waals surface area (Å²) in [5.41, 5.74) is 1.88. The Bertz CT molecular complexity index is 688. The van der Waals surface area contributed by atoms with Gasteiger partial charge in [-0.25, -0.2) is 4.39 Å². The van der Waals surface area contributed by atoms with Gasteiger partial charge in [0.2, 0.25) is 5.91 Å². The molecule has 0 aliphatic heterocycles. The molecule has 0 spiro atoms. The van der Waals surface area contributed by atoms with Gasteiger partial charge in [-0.3, -0.25) is 4.79 Å². The van der Waals surface area contributed by atoms with E-state index >= 15 is 0 Å². The van der Waals surface area contributed by atoms with Gasteiger partial charge in [0.05, 0.1) is 14.2 Å². The summed E-state index contributed by atoms with van der Waals surface area (Å²) in [5, 5.41) is 2.85. The Kier molecular flexibility index (Phi) is 6.61. The second kappa shape index (κ2) is 8.91. The predicted molar refractivity (Wildman–Crippen MR) is 91.0 cm³/mol. The van der Waals surface area contributed by atoms with Gasteiger partial charge in [-0.05, 0) is 48.2 Å². The number of benzene rings is 2. The second-order valence-electron chi connectivity index (χ2n) is 5.42. The molecule has 5 heteroatoms. The van der Waals surface area contributed by atoms with E-state index in [-0.39, 0.29) is 11.7 Å². The van der Waals surface area contributed by atoms with Gasteiger partial charge in [0.1, 0.15) is 5.82 Å². The summed E-state index contributed by atoms with van der Waals surface area (Å²) in [7, 11) is 3.17. The third-order valence-electron chi connectivity index (χ3n) is 3.71. The lowest BCUT2D eigenvalue weighted by atomic mass is 10.1. The molecule has 0 heterocycles. The molecule has 0 fully saturated rings. The second-order valence-corrected chi connectivity index (χ2v) is 5.42. The number of carbonyl (C=O) groups is 1. The predicted octanol–water partition coefficient (Wildman–Crippen LogP) is 3.13. The third-order valence-corrected chi connectivity index (χ3v) is 3.71. The van der Waals surface area contributed by atoms with Crippen molar-refractivity contribution in [2.45, 2.75) is 19.3 Å². The fourth-order valence-corrected chi connectivity index (χ4v) is 2.42. The van der Waals surface area contributed by atoms with Crippen LogP contribution in [-0.2, 0) is 17.6 Å². The third kappa shape index (κ3) is 5.26. The number of methoxy groups -OCH3 is 2. The maximum atomic E-state index is 13.1. The van der Waals surface area contributed by atoms with E-state index in [0.717, 1.165) is 11.1 Å². The van der Waals surface area contributed by atoms with Crippen LogP contribution >= 0.6 is 0 Å². The number of hydrogen-bond donors (Lipinski definition) is 1. The van der Waals surface area contributed by atoms with Gasteiger partial charge in [0, 0.05) is 13.0 Å². The van der Waals surface area contributed by atoms with Crippen molar-refractivity contribution in [1.82, 2.24) is 5.32 Å². The number of hydrogen-bond acceptors (Lipinski definition) is 3. The first-order valence-electron chi connectivity index (χ1n) is 7.84. The van der Waals surface area contributed by atoms with E-state index in [4.69, 9.17) is 9.47 Å². The van der Waals surface area contributed by atoms with Crippen molar-refractivity contribution in [3.05, 3.63) is 59.4 Å². The van der Waals surface area contributed by atoms with Gasteiger partial charge in [0.15, 0.2) is 11.5 Å². The monoisotopic (exact) mass is 331 g/mol. The maximum Gasteiger partial charge on any atom is 0.220 e. The zero-order valence-electron chi connectivity index (χ0n) is 14.0. The first-order chi connectivity index (χ1) is 11.6. The average molecular weight is 331 g/mol. The Hall–Kier alpha value is -2.56. The summed E-state index contributed by atoms with van der Waals surface area (Å²) in [6.07, 6.45) is 1.62. The molecule has 0 aromatic heterocycles. The molecule has 0 bridgehead atoms. The van der Waals surface area contributed by atoms with E-state index < -0.39 is 0 Å². The highest BCUT2D eigenvalue weighted by atomic mass is 19.1. The van der Waals surface area contributed by atoms with E-state index in [9.17, 15) is 9.18 Å². The van der Waals surface area contributed by atoms with Crippen LogP contribution in [0.4, 0.5) is 4.39 Å². The van der Waals surface area contributed by atoms with Gasteiger partial charge in [0.25, 0.3) is 0 Å². The zero-order valence-corrected chi connectivity index (χ0v) is 14.0. The van der Waals surface area contributed by atoms with Gasteiger partial charge in [-0.15, -0.1) is 0 Å². The van der Waals surface area contributed by atoms with Crippen molar-refractivity contribution in [3.8, 4) is 11.5 Å². The highest BCUT2D eigenvalue weighted by Crippen LogP contribution is 2.27. The van der Waals surface area contributed by atoms with Crippen molar-refractivity contribution in [1.29, 1.82) is 0 Å². The molecule has 24 heavy (non-hydrogen) atoms. The lowest BCUT2D eigenvalue weighted by molar-refractivity contribution is -0.121. The van der Waals surface area contributed by atoms with E-state index in [1.807, 2.05) is 24.3 Å². The van der Waals surface area contributed by atoms with Crippen molar-refractivity contribution in [3.63, 3.8) is 0 Å². The number of nitrogens with one attached hydrogen (secondary N) is 1. The van der Waals surface area contributed by atoms with E-state index in [0.29, 0.717) is 37.3 Å². The summed E-state index contributed by atoms with van der Waals surface area (Å²) in [5.74, 6) is 1.04. The van der Waals surface area contributed by atoms with Crippen LogP contribution in [0.1, 0.15) is 17.5 Å². The lowest BCUT2D eigenvalue weighted by Gasteiger charge is -2.10. The smallest absolute Gasteiger partial charge is 0.220 e. The Balaban J connectivity index is 1.77. The van der Waals surface area contributed by atoms with E-state index in [1.165, 1.54) is 12.1 Å². The average Bonchev–Trinajstić information content (AvgIpc) is 2.59. The first kappa shape index (κ1) is 17.8. The number of ether oxygens (including phenoxy) is 2. The lowest BCUT2D eigenvalue weighted by Crippen LogP contribution is -2.25. The van der Waals surface area contributed by atoms with Crippen molar-refractivity contribution >= 4 is 5.91 Å². The Labute approximate surface area is 141 Å². The first-order valence-corrected chi connectivity index (χ1v) is 7.84. The maximum absolute atomic E-state index is 13.1. The van der Waals surface area contributed by atoms with E-state index in [1.54, 1.807) is 20.3 Å². The zero-order chi connectivity index (χ0) is 17.4. The van der Waals surface area contributed by atoms with Crippen LogP contribution in [0.2, 0.25) is 0 Å². The Morgan fingerprint density at radius 1 is 1.00 bits per heavy atom. The highest BCUT2D eigenvalue weighted by Gasteiger charge is 2.07. The molecule has 1 amide bonds. The minimum atomic E-state index is -0.257. The van der Waals surface area contributed by atoms with Gasteiger partial charge in [-0.2, -0.15) is 0 Å². The Morgan fingerprint density at radius 2 is 1.75 bits per heavy atom. The Morgan fingerprint density at radius 3 is 2.46 bits per heavy atom. The van der Waals surface area contributed by atoms with Gasteiger partial charge in [-0.1, -0.05) is 18.2 Å². The minimum absolute atomic E-state index is 0.0267. The highest BCUT2D eigenvalue weighted by molar-refractivity contribution is 5.76. The summed E-state index contributed by atoms with van der Waals surface area (Å²) in [6.45, 7) is 0.494. The molecule has 128 valence electrons. The van der Waals surface area contributed by atoms with Crippen LogP contribution in [0.25, 0.3) is 0 Å². The molecule has 0 radical (unpaired) electrons. The standard InChI is InChI=1S/C19H22FNO3/c1-23-17-8-6-15(13-18(17)24-2)7-9-19(22)21-11-10-14-4-3-5-16(20)12-14/h3-6,8,12-13H,7,9-11H2,1-2H3,(H,21,22). The van der Waals surface area contributed by atoms with Crippen molar-refractivity contribution in [2.24, 2.45) is 0 Å². The van der Waals surface area contributed by atoms with Crippen LogP contribution < -0.4 is 14.8 Å². The van der Waals surface area contributed by atoms with Crippen LogP contribution in [0.5, 0.6) is 11.5 Å². The molecule has 1 N–H and O–H groups in total. The summed E-state index contributed by atoms with van der Waals surface area (Å²) in [4.78, 5) is 11.9. The quantitative estimate of drug-likeness (QED) is 0.808. The molecule has 2 aromatic rings. The normalized spacial score (nSPS) is 10.3. The van der Waals surface area contributed by atoms with E-state index in [2.05, 4.69) is 5.32 Å². The van der Waals surface area contributed by atoms with Crippen molar-refractivity contribution in [2.75, 3.05) is 20.8 Å². The van der Waals surface area contributed by atoms with Crippen LogP contribution in [0, 0.1) is 5.82 Å². The largest absolute Gasteiger partial charge is 0.493 e. The number of amides is 1. The molecule has 2 rings (SSSR count). The molecule has 2 aromatic carbocycles. The molecular formula is C19H22FNO3. The number of halogens is 1. The van der Waals surface area contributed by atoms with Crippen molar-refractivity contribution < 1.29 is 18.7 Å². The SMILES string of the molecule is COc1ccc(CCC(=O)NCCc2cccc(F)c2)cc1OC. The molecule has 0 aliphatic rings. The fraction of sp³-hybridized carbons (Fsp3) is 0.316.